The van der Waals surface area contributed by atoms with Gasteiger partial charge in [-0.15, -0.1) is 0 Å². The lowest BCUT2D eigenvalue weighted by atomic mass is 10.2. The van der Waals surface area contributed by atoms with Crippen LogP contribution in [0.5, 0.6) is 0 Å². The molecule has 0 amide bonds. The second kappa shape index (κ2) is 3.69. The molecule has 2 rings (SSSR count). The molecule has 1 aromatic carbocycles. The van der Waals surface area contributed by atoms with E-state index in [0.29, 0.717) is 0 Å². The van der Waals surface area contributed by atoms with E-state index in [-0.39, 0.29) is 0 Å². The summed E-state index contributed by atoms with van der Waals surface area (Å²) in [5.41, 5.74) is 1.68. The number of oxime groups is 1. The molecule has 0 unspecified atom stereocenters. The molecule has 0 aliphatic carbocycles. The van der Waals surface area contributed by atoms with Crippen molar-refractivity contribution in [1.82, 2.24) is 14.8 Å². The third kappa shape index (κ3) is 1.61. The van der Waals surface area contributed by atoms with Crippen LogP contribution >= 0.6 is 0 Å². The van der Waals surface area contributed by atoms with Crippen molar-refractivity contribution in [3.63, 3.8) is 0 Å². The van der Waals surface area contributed by atoms with Crippen molar-refractivity contribution in [3.05, 3.63) is 42.5 Å². The maximum absolute atomic E-state index is 8.38. The minimum absolute atomic E-state index is 0.806. The molecule has 0 bridgehead atoms. The van der Waals surface area contributed by atoms with Crippen molar-refractivity contribution in [3.8, 4) is 5.69 Å². The van der Waals surface area contributed by atoms with Crippen LogP contribution in [0.1, 0.15) is 5.56 Å². The van der Waals surface area contributed by atoms with Crippen LogP contribution in [0, 0.1) is 0 Å². The molecule has 2 aromatic rings. The smallest absolute Gasteiger partial charge is 0.138 e. The van der Waals surface area contributed by atoms with E-state index in [1.165, 1.54) is 12.5 Å². The molecule has 1 aromatic heterocycles. The van der Waals surface area contributed by atoms with Gasteiger partial charge >= 0.3 is 0 Å². The Kier molecular flexibility index (Phi) is 2.22. The van der Waals surface area contributed by atoms with E-state index in [9.17, 15) is 0 Å². The van der Waals surface area contributed by atoms with Crippen molar-refractivity contribution >= 4 is 6.21 Å². The lowest BCUT2D eigenvalue weighted by Crippen LogP contribution is -1.95. The summed E-state index contributed by atoms with van der Waals surface area (Å²) in [6, 6.07) is 7.42. The van der Waals surface area contributed by atoms with Crippen LogP contribution in [0.15, 0.2) is 42.1 Å². The summed E-state index contributed by atoms with van der Waals surface area (Å²) in [7, 11) is 0. The fraction of sp³-hybridized carbons (Fsp3) is 0. The van der Waals surface area contributed by atoms with Crippen LogP contribution in [0.2, 0.25) is 0 Å². The third-order valence-electron chi connectivity index (χ3n) is 1.76. The second-order valence-electron chi connectivity index (χ2n) is 2.68. The van der Waals surface area contributed by atoms with Gasteiger partial charge in [0.1, 0.15) is 12.7 Å². The Bertz CT molecular complexity index is 436. The van der Waals surface area contributed by atoms with Crippen LogP contribution in [-0.2, 0) is 0 Å². The van der Waals surface area contributed by atoms with Gasteiger partial charge < -0.3 is 5.21 Å². The summed E-state index contributed by atoms with van der Waals surface area (Å²) in [6.45, 7) is 0. The molecule has 0 radical (unpaired) electrons. The topological polar surface area (TPSA) is 63.3 Å². The van der Waals surface area contributed by atoms with Gasteiger partial charge in [0.15, 0.2) is 0 Å². The number of hydrogen-bond acceptors (Lipinski definition) is 4. The molecule has 1 N–H and O–H groups in total. The fourth-order valence-electron chi connectivity index (χ4n) is 1.16. The highest BCUT2D eigenvalue weighted by Gasteiger charge is 1.96. The summed E-state index contributed by atoms with van der Waals surface area (Å²) in [5.74, 6) is 0. The van der Waals surface area contributed by atoms with Crippen molar-refractivity contribution < 1.29 is 5.21 Å². The number of rotatable bonds is 2. The summed E-state index contributed by atoms with van der Waals surface area (Å²) >= 11 is 0. The maximum atomic E-state index is 8.38. The van der Waals surface area contributed by atoms with Gasteiger partial charge in [-0.05, 0) is 17.7 Å². The largest absolute Gasteiger partial charge is 0.411 e. The Morgan fingerprint density at radius 3 is 3.07 bits per heavy atom. The fourth-order valence-corrected chi connectivity index (χ4v) is 1.16. The van der Waals surface area contributed by atoms with Crippen LogP contribution in [0.25, 0.3) is 5.69 Å². The normalized spacial score (nSPS) is 10.9. The van der Waals surface area contributed by atoms with E-state index >= 15 is 0 Å². The molecule has 14 heavy (non-hydrogen) atoms. The zero-order valence-electron chi connectivity index (χ0n) is 7.28. The Balaban J connectivity index is 2.40. The van der Waals surface area contributed by atoms with Crippen LogP contribution in [-0.4, -0.2) is 26.2 Å². The van der Waals surface area contributed by atoms with E-state index in [1.54, 1.807) is 11.0 Å². The summed E-state index contributed by atoms with van der Waals surface area (Å²) in [6.07, 6.45) is 4.43. The summed E-state index contributed by atoms with van der Waals surface area (Å²) in [4.78, 5) is 3.84. The molecule has 0 aliphatic heterocycles. The zero-order valence-corrected chi connectivity index (χ0v) is 7.28. The molecule has 0 saturated heterocycles. The molecule has 5 heteroatoms. The SMILES string of the molecule is ON=Cc1cccc(-n2cncn2)c1. The summed E-state index contributed by atoms with van der Waals surface area (Å²) < 4.78 is 1.63. The maximum Gasteiger partial charge on any atom is 0.138 e. The number of nitrogens with zero attached hydrogens (tertiary/aromatic N) is 4. The van der Waals surface area contributed by atoms with Gasteiger partial charge in [0.25, 0.3) is 0 Å². The average Bonchev–Trinajstić information content (AvgIpc) is 2.71. The van der Waals surface area contributed by atoms with Crippen molar-refractivity contribution in [2.45, 2.75) is 0 Å². The highest BCUT2D eigenvalue weighted by molar-refractivity contribution is 5.79. The Hall–Kier alpha value is -2.17. The predicted octanol–water partition coefficient (Wildman–Crippen LogP) is 1.08. The standard InChI is InChI=1S/C9H8N4O/c14-12-5-8-2-1-3-9(4-8)13-7-10-6-11-13/h1-7,14H. The van der Waals surface area contributed by atoms with Crippen molar-refractivity contribution in [2.24, 2.45) is 5.16 Å². The molecule has 1 heterocycles. The highest BCUT2D eigenvalue weighted by atomic mass is 16.4. The molecule has 0 aliphatic rings. The molecule has 70 valence electrons. The minimum Gasteiger partial charge on any atom is -0.411 e. The van der Waals surface area contributed by atoms with E-state index in [2.05, 4.69) is 15.2 Å². The summed E-state index contributed by atoms with van der Waals surface area (Å²) in [5, 5.41) is 15.3. The minimum atomic E-state index is 0.806. The first-order valence-electron chi connectivity index (χ1n) is 4.02. The van der Waals surface area contributed by atoms with E-state index < -0.39 is 0 Å². The third-order valence-corrected chi connectivity index (χ3v) is 1.76. The predicted molar refractivity (Wildman–Crippen MR) is 50.7 cm³/mol. The van der Waals surface area contributed by atoms with E-state index in [0.717, 1.165) is 11.3 Å². The van der Waals surface area contributed by atoms with Gasteiger partial charge in [-0.25, -0.2) is 9.67 Å². The molecule has 0 spiro atoms. The average molecular weight is 188 g/mol. The Morgan fingerprint density at radius 2 is 2.36 bits per heavy atom. The Morgan fingerprint density at radius 1 is 1.43 bits per heavy atom. The number of benzene rings is 1. The zero-order chi connectivity index (χ0) is 9.80. The Labute approximate surface area is 80.3 Å². The van der Waals surface area contributed by atoms with Gasteiger partial charge in [0.2, 0.25) is 0 Å². The molecule has 0 saturated carbocycles. The van der Waals surface area contributed by atoms with Gasteiger partial charge in [0.05, 0.1) is 11.9 Å². The number of hydrogen-bond donors (Lipinski definition) is 1. The second-order valence-corrected chi connectivity index (χ2v) is 2.68. The van der Waals surface area contributed by atoms with Crippen LogP contribution in [0.3, 0.4) is 0 Å². The van der Waals surface area contributed by atoms with Gasteiger partial charge in [0, 0.05) is 0 Å². The van der Waals surface area contributed by atoms with Gasteiger partial charge in [-0.3, -0.25) is 0 Å². The number of aromatic nitrogens is 3. The first kappa shape index (κ1) is 8.43. The van der Waals surface area contributed by atoms with Gasteiger partial charge in [-0.2, -0.15) is 5.10 Å². The molecule has 0 atom stereocenters. The van der Waals surface area contributed by atoms with Crippen LogP contribution in [0.4, 0.5) is 0 Å². The molecule has 5 nitrogen and oxygen atoms in total. The molecular weight excluding hydrogens is 180 g/mol. The molecule has 0 fully saturated rings. The van der Waals surface area contributed by atoms with Gasteiger partial charge in [-0.1, -0.05) is 17.3 Å². The monoisotopic (exact) mass is 188 g/mol. The van der Waals surface area contributed by atoms with E-state index in [4.69, 9.17) is 5.21 Å². The first-order chi connectivity index (χ1) is 6.90. The highest BCUT2D eigenvalue weighted by Crippen LogP contribution is 2.06. The molecular formula is C9H8N4O. The van der Waals surface area contributed by atoms with Crippen molar-refractivity contribution in [1.29, 1.82) is 0 Å². The lowest BCUT2D eigenvalue weighted by Gasteiger charge is -2.00. The lowest BCUT2D eigenvalue weighted by molar-refractivity contribution is 0.322. The van der Waals surface area contributed by atoms with Crippen LogP contribution < -0.4 is 0 Å². The van der Waals surface area contributed by atoms with Crippen molar-refractivity contribution in [2.75, 3.05) is 0 Å². The first-order valence-corrected chi connectivity index (χ1v) is 4.02. The van der Waals surface area contributed by atoms with E-state index in [1.807, 2.05) is 24.3 Å². The quantitative estimate of drug-likeness (QED) is 0.435.